The molecule has 0 saturated carbocycles. The first-order valence-electron chi connectivity index (χ1n) is 7.86. The van der Waals surface area contributed by atoms with E-state index in [1.165, 1.54) is 31.6 Å². The molecular weight excluding hydrogens is 388 g/mol. The molecule has 0 aliphatic rings. The van der Waals surface area contributed by atoms with Crippen LogP contribution in [0, 0.1) is 0 Å². The van der Waals surface area contributed by atoms with Crippen molar-refractivity contribution in [2.45, 2.75) is 6.92 Å². The van der Waals surface area contributed by atoms with Gasteiger partial charge in [-0.1, -0.05) is 29.8 Å². The third-order valence-corrected chi connectivity index (χ3v) is 5.20. The Bertz CT molecular complexity index is 1050. The van der Waals surface area contributed by atoms with Crippen molar-refractivity contribution in [3.05, 3.63) is 57.9 Å². The minimum atomic E-state index is -0.556. The van der Waals surface area contributed by atoms with Gasteiger partial charge in [0.1, 0.15) is 4.88 Å². The van der Waals surface area contributed by atoms with Gasteiger partial charge in [0, 0.05) is 17.0 Å². The average molecular weight is 403 g/mol. The van der Waals surface area contributed by atoms with Crippen molar-refractivity contribution in [1.29, 1.82) is 0 Å². The van der Waals surface area contributed by atoms with Crippen LogP contribution in [0.1, 0.15) is 22.2 Å². The van der Waals surface area contributed by atoms with Gasteiger partial charge in [-0.2, -0.15) is 5.10 Å². The Labute approximate surface area is 164 Å². The molecule has 0 saturated heterocycles. The lowest BCUT2D eigenvalue weighted by Crippen LogP contribution is -2.12. The third-order valence-electron chi connectivity index (χ3n) is 3.55. The Hall–Kier alpha value is -2.90. The van der Waals surface area contributed by atoms with Gasteiger partial charge in [-0.25, -0.2) is 10.2 Å². The molecule has 0 aliphatic heterocycles. The number of esters is 1. The zero-order valence-corrected chi connectivity index (χ0v) is 16.1. The summed E-state index contributed by atoms with van der Waals surface area (Å²) in [6.07, 6.45) is 1.46. The minimum Gasteiger partial charge on any atom is -0.493 e. The fourth-order valence-corrected chi connectivity index (χ4v) is 3.72. The number of nitrogens with one attached hydrogen (secondary N) is 1. The quantitative estimate of drug-likeness (QED) is 0.299. The fourth-order valence-electron chi connectivity index (χ4n) is 2.34. The number of nitrogens with zero attached hydrogens (tertiary/aromatic N) is 1. The number of hydrogen-bond donors (Lipinski definition) is 1. The Kier molecular flexibility index (Phi) is 5.73. The number of benzene rings is 2. The molecule has 1 amide bonds. The van der Waals surface area contributed by atoms with Crippen LogP contribution in [0.5, 0.6) is 11.5 Å². The summed E-state index contributed by atoms with van der Waals surface area (Å²) < 4.78 is 11.7. The van der Waals surface area contributed by atoms with Gasteiger partial charge in [-0.3, -0.25) is 4.79 Å². The number of halogens is 1. The second-order valence-corrected chi connectivity index (χ2v) is 6.90. The van der Waals surface area contributed by atoms with Crippen LogP contribution in [-0.2, 0) is 4.79 Å². The highest BCUT2D eigenvalue weighted by Gasteiger charge is 2.20. The summed E-state index contributed by atoms with van der Waals surface area (Å²) in [5.41, 5.74) is 2.98. The van der Waals surface area contributed by atoms with E-state index < -0.39 is 5.97 Å². The van der Waals surface area contributed by atoms with Crippen LogP contribution >= 0.6 is 22.9 Å². The molecule has 1 N–H and O–H groups in total. The maximum atomic E-state index is 12.6. The number of carbonyl (C=O) groups excluding carboxylic acids is 2. The van der Waals surface area contributed by atoms with Crippen molar-refractivity contribution >= 4 is 51.1 Å². The van der Waals surface area contributed by atoms with Crippen LogP contribution in [0.3, 0.4) is 0 Å². The molecule has 0 spiro atoms. The van der Waals surface area contributed by atoms with Crippen molar-refractivity contribution in [2.75, 3.05) is 7.11 Å². The van der Waals surface area contributed by atoms with E-state index >= 15 is 0 Å². The van der Waals surface area contributed by atoms with E-state index in [-0.39, 0.29) is 11.7 Å². The van der Waals surface area contributed by atoms with Crippen LogP contribution < -0.4 is 14.9 Å². The van der Waals surface area contributed by atoms with Crippen molar-refractivity contribution in [3.63, 3.8) is 0 Å². The van der Waals surface area contributed by atoms with Gasteiger partial charge in [0.25, 0.3) is 0 Å². The molecule has 0 atom stereocenters. The standard InChI is InChI=1S/C19H15ClN2O4S/c1-11(23)22-21-10-12-7-8-14(15(9-12)25-2)26-19(24)18-17(20)13-5-3-4-6-16(13)27-18/h3-10H,1-2H3,(H,22,23). The number of carbonyl (C=O) groups is 2. The van der Waals surface area contributed by atoms with E-state index in [1.807, 2.05) is 24.3 Å². The maximum absolute atomic E-state index is 12.6. The summed E-state index contributed by atoms with van der Waals surface area (Å²) in [5.74, 6) is -0.219. The number of hydrazone groups is 1. The molecule has 0 radical (unpaired) electrons. The molecule has 3 aromatic rings. The molecule has 0 fully saturated rings. The normalized spacial score (nSPS) is 10.9. The Morgan fingerprint density at radius 3 is 2.67 bits per heavy atom. The van der Waals surface area contributed by atoms with Gasteiger partial charge in [-0.15, -0.1) is 11.3 Å². The van der Waals surface area contributed by atoms with Gasteiger partial charge in [-0.05, 0) is 29.8 Å². The Morgan fingerprint density at radius 2 is 1.96 bits per heavy atom. The van der Waals surface area contributed by atoms with E-state index in [0.29, 0.717) is 21.2 Å². The van der Waals surface area contributed by atoms with E-state index in [4.69, 9.17) is 21.1 Å². The molecule has 27 heavy (non-hydrogen) atoms. The molecule has 0 aliphatic carbocycles. The molecule has 1 aromatic heterocycles. The molecule has 6 nitrogen and oxygen atoms in total. The second kappa shape index (κ2) is 8.20. The van der Waals surface area contributed by atoms with E-state index in [2.05, 4.69) is 10.5 Å². The SMILES string of the molecule is COc1cc(C=NNC(C)=O)ccc1OC(=O)c1sc2ccccc2c1Cl. The van der Waals surface area contributed by atoms with Gasteiger partial charge in [0.15, 0.2) is 11.5 Å². The molecule has 1 heterocycles. The lowest BCUT2D eigenvalue weighted by atomic mass is 10.2. The van der Waals surface area contributed by atoms with Crippen LogP contribution in [0.15, 0.2) is 47.6 Å². The van der Waals surface area contributed by atoms with Gasteiger partial charge in [0.2, 0.25) is 5.91 Å². The highest BCUT2D eigenvalue weighted by molar-refractivity contribution is 7.21. The van der Waals surface area contributed by atoms with Crippen molar-refractivity contribution in [3.8, 4) is 11.5 Å². The lowest BCUT2D eigenvalue weighted by Gasteiger charge is -2.09. The zero-order chi connectivity index (χ0) is 19.4. The Morgan fingerprint density at radius 1 is 1.19 bits per heavy atom. The topological polar surface area (TPSA) is 77.0 Å². The van der Waals surface area contributed by atoms with Gasteiger partial charge in [0.05, 0.1) is 18.3 Å². The van der Waals surface area contributed by atoms with Crippen LogP contribution in [0.2, 0.25) is 5.02 Å². The van der Waals surface area contributed by atoms with E-state index in [9.17, 15) is 9.59 Å². The molecule has 0 bridgehead atoms. The number of hydrogen-bond acceptors (Lipinski definition) is 6. The average Bonchev–Trinajstić information content (AvgIpc) is 2.99. The maximum Gasteiger partial charge on any atom is 0.355 e. The Balaban J connectivity index is 1.83. The van der Waals surface area contributed by atoms with Gasteiger partial charge < -0.3 is 9.47 Å². The van der Waals surface area contributed by atoms with Crippen LogP contribution in [0.4, 0.5) is 0 Å². The molecular formula is C19H15ClN2O4S. The fraction of sp³-hybridized carbons (Fsp3) is 0.105. The molecule has 8 heteroatoms. The first kappa shape index (κ1) is 18.9. The number of thiophene rings is 1. The van der Waals surface area contributed by atoms with Crippen molar-refractivity contribution < 1.29 is 19.1 Å². The number of ether oxygens (including phenoxy) is 2. The summed E-state index contributed by atoms with van der Waals surface area (Å²) in [6.45, 7) is 1.36. The summed E-state index contributed by atoms with van der Waals surface area (Å²) in [4.78, 5) is 23.8. The van der Waals surface area contributed by atoms with Crippen molar-refractivity contribution in [1.82, 2.24) is 5.43 Å². The number of amides is 1. The predicted octanol–water partition coefficient (Wildman–Crippen LogP) is 4.25. The summed E-state index contributed by atoms with van der Waals surface area (Å²) in [5, 5.41) is 4.97. The largest absolute Gasteiger partial charge is 0.493 e. The van der Waals surface area contributed by atoms with Crippen molar-refractivity contribution in [2.24, 2.45) is 5.10 Å². The minimum absolute atomic E-state index is 0.257. The first-order chi connectivity index (χ1) is 13.0. The second-order valence-electron chi connectivity index (χ2n) is 5.47. The molecule has 138 valence electrons. The predicted molar refractivity (Wildman–Crippen MR) is 106 cm³/mol. The summed E-state index contributed by atoms with van der Waals surface area (Å²) in [6, 6.07) is 12.4. The van der Waals surface area contributed by atoms with E-state index in [1.54, 1.807) is 18.2 Å². The number of methoxy groups -OCH3 is 1. The third kappa shape index (κ3) is 4.27. The zero-order valence-electron chi connectivity index (χ0n) is 14.5. The lowest BCUT2D eigenvalue weighted by molar-refractivity contribution is -0.118. The van der Waals surface area contributed by atoms with E-state index in [0.717, 1.165) is 10.1 Å². The molecule has 0 unspecified atom stereocenters. The number of fused-ring (bicyclic) bond motifs is 1. The smallest absolute Gasteiger partial charge is 0.355 e. The van der Waals surface area contributed by atoms with Crippen LogP contribution in [-0.4, -0.2) is 25.2 Å². The number of rotatable bonds is 5. The summed E-state index contributed by atoms with van der Waals surface area (Å²) >= 11 is 7.60. The molecule has 2 aromatic carbocycles. The van der Waals surface area contributed by atoms with Crippen LogP contribution in [0.25, 0.3) is 10.1 Å². The first-order valence-corrected chi connectivity index (χ1v) is 9.06. The highest BCUT2D eigenvalue weighted by atomic mass is 35.5. The highest BCUT2D eigenvalue weighted by Crippen LogP contribution is 2.36. The monoisotopic (exact) mass is 402 g/mol. The summed E-state index contributed by atoms with van der Waals surface area (Å²) in [7, 11) is 1.47. The van der Waals surface area contributed by atoms with Gasteiger partial charge >= 0.3 is 5.97 Å². The molecule has 3 rings (SSSR count).